The second kappa shape index (κ2) is 5.66. The van der Waals surface area contributed by atoms with Crippen molar-refractivity contribution in [2.45, 2.75) is 45.1 Å². The predicted molar refractivity (Wildman–Crippen MR) is 80.7 cm³/mol. The lowest BCUT2D eigenvalue weighted by Crippen LogP contribution is -2.37. The van der Waals surface area contributed by atoms with Crippen LogP contribution in [0.3, 0.4) is 0 Å². The van der Waals surface area contributed by atoms with E-state index in [1.807, 2.05) is 16.8 Å². The molecule has 3 N–H and O–H groups in total. The maximum atomic E-state index is 5.53. The fraction of sp³-hybridized carbons (Fsp3) is 0.571. The molecule has 0 saturated heterocycles. The van der Waals surface area contributed by atoms with Crippen LogP contribution in [-0.4, -0.2) is 27.0 Å². The predicted octanol–water partition coefficient (Wildman–Crippen LogP) is 2.17. The van der Waals surface area contributed by atoms with Crippen LogP contribution >= 0.6 is 0 Å². The summed E-state index contributed by atoms with van der Waals surface area (Å²) in [5, 5.41) is 0. The van der Waals surface area contributed by atoms with Crippen LogP contribution in [0.1, 0.15) is 39.0 Å². The van der Waals surface area contributed by atoms with Crippen molar-refractivity contribution in [3.63, 3.8) is 0 Å². The van der Waals surface area contributed by atoms with Crippen molar-refractivity contribution in [2.24, 2.45) is 5.84 Å². The number of rotatable bonds is 4. The second-order valence-corrected chi connectivity index (χ2v) is 5.33. The molecule has 6 heteroatoms. The van der Waals surface area contributed by atoms with Gasteiger partial charge >= 0.3 is 0 Å². The number of hydrogen-bond donors (Lipinski definition) is 2. The highest BCUT2D eigenvalue weighted by molar-refractivity contribution is 5.67. The standard InChI is InChI=1S/C14H22N6/c1-2-20(11-6-4-3-5-7-11)14-13-16-8-9-19(13)10-12(17-14)18-15/h8-11,18H,2-7,15H2,1H3. The van der Waals surface area contributed by atoms with Gasteiger partial charge in [0.05, 0.1) is 6.20 Å². The van der Waals surface area contributed by atoms with E-state index >= 15 is 0 Å². The summed E-state index contributed by atoms with van der Waals surface area (Å²) in [6.07, 6.45) is 12.0. The molecule has 1 fully saturated rings. The SMILES string of the molecule is CCN(c1nc(NN)cn2ccnc12)C1CCCCC1. The molecule has 0 spiro atoms. The highest BCUT2D eigenvalue weighted by Crippen LogP contribution is 2.29. The van der Waals surface area contributed by atoms with Crippen LogP contribution in [0.15, 0.2) is 18.6 Å². The van der Waals surface area contributed by atoms with E-state index in [9.17, 15) is 0 Å². The molecular formula is C14H22N6. The van der Waals surface area contributed by atoms with Crippen LogP contribution in [-0.2, 0) is 0 Å². The monoisotopic (exact) mass is 274 g/mol. The smallest absolute Gasteiger partial charge is 0.180 e. The Balaban J connectivity index is 2.03. The average Bonchev–Trinajstić information content (AvgIpc) is 2.97. The first kappa shape index (κ1) is 13.2. The Morgan fingerprint density at radius 2 is 2.20 bits per heavy atom. The van der Waals surface area contributed by atoms with Crippen molar-refractivity contribution in [1.82, 2.24) is 14.4 Å². The molecule has 1 aliphatic carbocycles. The minimum Gasteiger partial charge on any atom is -0.351 e. The third kappa shape index (κ3) is 2.31. The Hall–Kier alpha value is -1.82. The van der Waals surface area contributed by atoms with Gasteiger partial charge in [-0.3, -0.25) is 0 Å². The highest BCUT2D eigenvalue weighted by Gasteiger charge is 2.23. The Morgan fingerprint density at radius 1 is 1.40 bits per heavy atom. The molecule has 0 unspecified atom stereocenters. The number of fused-ring (bicyclic) bond motifs is 1. The largest absolute Gasteiger partial charge is 0.351 e. The van der Waals surface area contributed by atoms with Gasteiger partial charge in [0, 0.05) is 25.0 Å². The molecule has 6 nitrogen and oxygen atoms in total. The fourth-order valence-corrected chi connectivity index (χ4v) is 3.15. The molecule has 2 aromatic rings. The Kier molecular flexibility index (Phi) is 3.73. The zero-order valence-corrected chi connectivity index (χ0v) is 11.9. The van der Waals surface area contributed by atoms with Crippen LogP contribution < -0.4 is 16.2 Å². The zero-order valence-electron chi connectivity index (χ0n) is 11.9. The number of nitrogen functional groups attached to an aromatic ring is 1. The number of nitrogens with one attached hydrogen (secondary N) is 1. The van der Waals surface area contributed by atoms with E-state index in [-0.39, 0.29) is 0 Å². The number of nitrogens with two attached hydrogens (primary N) is 1. The van der Waals surface area contributed by atoms with Gasteiger partial charge in [-0.1, -0.05) is 19.3 Å². The van der Waals surface area contributed by atoms with Crippen molar-refractivity contribution in [2.75, 3.05) is 16.9 Å². The maximum Gasteiger partial charge on any atom is 0.180 e. The summed E-state index contributed by atoms with van der Waals surface area (Å²) < 4.78 is 1.98. The molecule has 2 aromatic heterocycles. The first-order chi connectivity index (χ1) is 9.83. The van der Waals surface area contributed by atoms with Gasteiger partial charge in [-0.2, -0.15) is 0 Å². The Bertz CT molecular complexity index is 572. The van der Waals surface area contributed by atoms with Crippen LogP contribution in [0.25, 0.3) is 5.65 Å². The molecular weight excluding hydrogens is 252 g/mol. The third-order valence-corrected chi connectivity index (χ3v) is 4.13. The lowest BCUT2D eigenvalue weighted by atomic mass is 9.94. The van der Waals surface area contributed by atoms with Gasteiger partial charge in [-0.05, 0) is 19.8 Å². The van der Waals surface area contributed by atoms with Gasteiger partial charge < -0.3 is 14.7 Å². The fourth-order valence-electron chi connectivity index (χ4n) is 3.15. The minimum absolute atomic E-state index is 0.565. The number of aromatic nitrogens is 3. The van der Waals surface area contributed by atoms with Crippen molar-refractivity contribution in [1.29, 1.82) is 0 Å². The van der Waals surface area contributed by atoms with E-state index in [0.29, 0.717) is 11.9 Å². The van der Waals surface area contributed by atoms with Crippen LogP contribution in [0.4, 0.5) is 11.6 Å². The number of anilines is 2. The third-order valence-electron chi connectivity index (χ3n) is 4.13. The van der Waals surface area contributed by atoms with Crippen LogP contribution in [0.2, 0.25) is 0 Å². The number of imidazole rings is 1. The molecule has 0 amide bonds. The Morgan fingerprint density at radius 3 is 2.90 bits per heavy atom. The molecule has 0 radical (unpaired) electrons. The number of nitrogens with zero attached hydrogens (tertiary/aromatic N) is 4. The first-order valence-corrected chi connectivity index (χ1v) is 7.40. The van der Waals surface area contributed by atoms with Gasteiger partial charge in [0.2, 0.25) is 0 Å². The van der Waals surface area contributed by atoms with Crippen molar-refractivity contribution in [3.8, 4) is 0 Å². The zero-order chi connectivity index (χ0) is 13.9. The van der Waals surface area contributed by atoms with E-state index in [2.05, 4.69) is 27.2 Å². The first-order valence-electron chi connectivity index (χ1n) is 7.40. The molecule has 1 aliphatic rings. The van der Waals surface area contributed by atoms with Crippen molar-refractivity contribution in [3.05, 3.63) is 18.6 Å². The molecule has 1 saturated carbocycles. The number of hydrazine groups is 1. The normalized spacial score (nSPS) is 16.5. The van der Waals surface area contributed by atoms with E-state index < -0.39 is 0 Å². The van der Waals surface area contributed by atoms with Gasteiger partial charge in [0.25, 0.3) is 0 Å². The summed E-state index contributed by atoms with van der Waals surface area (Å²) in [5.74, 6) is 7.13. The molecule has 3 rings (SSSR count). The van der Waals surface area contributed by atoms with E-state index in [1.54, 1.807) is 6.20 Å². The van der Waals surface area contributed by atoms with Crippen LogP contribution in [0.5, 0.6) is 0 Å². The molecule has 0 aromatic carbocycles. The summed E-state index contributed by atoms with van der Waals surface area (Å²) in [7, 11) is 0. The van der Waals surface area contributed by atoms with Crippen LogP contribution in [0, 0.1) is 0 Å². The summed E-state index contributed by atoms with van der Waals surface area (Å²) in [5.41, 5.74) is 3.54. The molecule has 0 bridgehead atoms. The molecule has 2 heterocycles. The molecule has 0 atom stereocenters. The average molecular weight is 274 g/mol. The minimum atomic E-state index is 0.565. The second-order valence-electron chi connectivity index (χ2n) is 5.33. The Labute approximate surface area is 119 Å². The van der Waals surface area contributed by atoms with E-state index in [1.165, 1.54) is 32.1 Å². The highest BCUT2D eigenvalue weighted by atomic mass is 15.3. The van der Waals surface area contributed by atoms with Crippen molar-refractivity contribution >= 4 is 17.3 Å². The summed E-state index contributed by atoms with van der Waals surface area (Å²) >= 11 is 0. The number of hydrogen-bond acceptors (Lipinski definition) is 5. The van der Waals surface area contributed by atoms with Gasteiger partial charge in [-0.25, -0.2) is 15.8 Å². The van der Waals surface area contributed by atoms with Gasteiger partial charge in [-0.15, -0.1) is 0 Å². The van der Waals surface area contributed by atoms with Gasteiger partial charge in [0.1, 0.15) is 0 Å². The molecule has 0 aliphatic heterocycles. The summed E-state index contributed by atoms with van der Waals surface area (Å²) in [6, 6.07) is 0.565. The van der Waals surface area contributed by atoms with Gasteiger partial charge in [0.15, 0.2) is 17.3 Å². The lowest BCUT2D eigenvalue weighted by molar-refractivity contribution is 0.416. The van der Waals surface area contributed by atoms with E-state index in [0.717, 1.165) is 18.0 Å². The maximum absolute atomic E-state index is 5.53. The van der Waals surface area contributed by atoms with Crippen molar-refractivity contribution < 1.29 is 0 Å². The summed E-state index contributed by atoms with van der Waals surface area (Å²) in [6.45, 7) is 3.12. The topological polar surface area (TPSA) is 71.5 Å². The summed E-state index contributed by atoms with van der Waals surface area (Å²) in [4.78, 5) is 11.5. The molecule has 108 valence electrons. The van der Waals surface area contributed by atoms with E-state index in [4.69, 9.17) is 5.84 Å². The molecule has 20 heavy (non-hydrogen) atoms. The lowest BCUT2D eigenvalue weighted by Gasteiger charge is -2.34. The quantitative estimate of drug-likeness (QED) is 0.660.